The van der Waals surface area contributed by atoms with E-state index in [0.29, 0.717) is 6.61 Å². The smallest absolute Gasteiger partial charge is 0.188 e. The lowest BCUT2D eigenvalue weighted by atomic mass is 10.0. The van der Waals surface area contributed by atoms with Crippen LogP contribution in [0.3, 0.4) is 0 Å². The van der Waals surface area contributed by atoms with Crippen molar-refractivity contribution in [2.45, 2.75) is 26.7 Å². The molecule has 110 valence electrons. The Hall–Kier alpha value is -2.00. The molecule has 0 aliphatic rings. The van der Waals surface area contributed by atoms with Gasteiger partial charge in [0.1, 0.15) is 6.61 Å². The second-order valence-electron chi connectivity index (χ2n) is 5.25. The Labute approximate surface area is 126 Å². The molecule has 0 aliphatic heterocycles. The predicted molar refractivity (Wildman–Crippen MR) is 83.6 cm³/mol. The molecule has 0 amide bonds. The van der Waals surface area contributed by atoms with Gasteiger partial charge >= 0.3 is 0 Å². The normalized spacial score (nSPS) is 10.6. The van der Waals surface area contributed by atoms with Crippen molar-refractivity contribution in [3.05, 3.63) is 65.0 Å². The maximum atomic E-state index is 12.1. The largest absolute Gasteiger partial charge is 0.373 e. The highest BCUT2D eigenvalue weighted by Crippen LogP contribution is 2.11. The van der Waals surface area contributed by atoms with Crippen LogP contribution in [0.2, 0.25) is 0 Å². The summed E-state index contributed by atoms with van der Waals surface area (Å²) in [6, 6.07) is 9.92. The number of hydrogen-bond donors (Lipinski definition) is 0. The predicted octanol–water partition coefficient (Wildman–Crippen LogP) is 3.53. The fourth-order valence-corrected chi connectivity index (χ4v) is 2.21. The number of aryl methyl sites for hydroxylation is 3. The van der Waals surface area contributed by atoms with Gasteiger partial charge in [-0.1, -0.05) is 17.7 Å². The highest BCUT2D eigenvalue weighted by Gasteiger charge is 2.09. The number of aromatic nitrogens is 1. The number of hydrogen-bond acceptors (Lipinski definition) is 3. The molecule has 3 nitrogen and oxygen atoms in total. The second kappa shape index (κ2) is 7.70. The molecule has 0 saturated heterocycles. The van der Waals surface area contributed by atoms with Gasteiger partial charge in [0.15, 0.2) is 5.78 Å². The van der Waals surface area contributed by atoms with E-state index in [0.717, 1.165) is 29.5 Å². The van der Waals surface area contributed by atoms with Crippen LogP contribution in [0.1, 0.15) is 33.5 Å². The number of nitrogens with zero attached hydrogens (tertiary/aromatic N) is 1. The molecule has 1 aromatic carbocycles. The van der Waals surface area contributed by atoms with Gasteiger partial charge < -0.3 is 4.74 Å². The van der Waals surface area contributed by atoms with Gasteiger partial charge in [-0.15, -0.1) is 0 Å². The van der Waals surface area contributed by atoms with Gasteiger partial charge in [-0.25, -0.2) is 0 Å². The minimum absolute atomic E-state index is 0.0557. The van der Waals surface area contributed by atoms with Crippen molar-refractivity contribution in [3.8, 4) is 0 Å². The van der Waals surface area contributed by atoms with E-state index >= 15 is 0 Å². The Morgan fingerprint density at radius 1 is 1.14 bits per heavy atom. The quantitative estimate of drug-likeness (QED) is 0.576. The van der Waals surface area contributed by atoms with Crippen LogP contribution in [-0.4, -0.2) is 24.0 Å². The van der Waals surface area contributed by atoms with Crippen LogP contribution < -0.4 is 0 Å². The highest BCUT2D eigenvalue weighted by atomic mass is 16.5. The number of ketones is 1. The average Bonchev–Trinajstić information content (AvgIpc) is 2.50. The van der Waals surface area contributed by atoms with Gasteiger partial charge in [-0.2, -0.15) is 0 Å². The average molecular weight is 283 g/mol. The van der Waals surface area contributed by atoms with Gasteiger partial charge in [0.2, 0.25) is 0 Å². The zero-order chi connectivity index (χ0) is 15.1. The lowest BCUT2D eigenvalue weighted by Gasteiger charge is -2.07. The van der Waals surface area contributed by atoms with Crippen LogP contribution in [-0.2, 0) is 11.2 Å². The van der Waals surface area contributed by atoms with Crippen molar-refractivity contribution in [3.63, 3.8) is 0 Å². The molecule has 21 heavy (non-hydrogen) atoms. The van der Waals surface area contributed by atoms with Crippen LogP contribution in [0, 0.1) is 13.8 Å². The Bertz CT molecular complexity index is 593. The third-order valence-corrected chi connectivity index (χ3v) is 3.43. The van der Waals surface area contributed by atoms with E-state index in [1.165, 1.54) is 5.56 Å². The lowest BCUT2D eigenvalue weighted by molar-refractivity contribution is 0.0755. The van der Waals surface area contributed by atoms with E-state index in [2.05, 4.69) is 4.98 Å². The third kappa shape index (κ3) is 4.80. The Balaban J connectivity index is 1.73. The summed E-state index contributed by atoms with van der Waals surface area (Å²) in [6.07, 6.45) is 5.44. The van der Waals surface area contributed by atoms with Gasteiger partial charge in [-0.05, 0) is 56.0 Å². The number of Topliss-reactive ketones (excluding diaryl/α,β-unsaturated/α-hetero) is 1. The first-order valence-corrected chi connectivity index (χ1v) is 7.24. The van der Waals surface area contributed by atoms with Gasteiger partial charge in [0.05, 0.1) is 0 Å². The number of carbonyl (C=O) groups is 1. The van der Waals surface area contributed by atoms with Crippen LogP contribution in [0.5, 0.6) is 0 Å². The lowest BCUT2D eigenvalue weighted by Crippen LogP contribution is -2.11. The molecule has 0 aliphatic carbocycles. The molecule has 2 aromatic rings. The van der Waals surface area contributed by atoms with Crippen LogP contribution in [0.15, 0.2) is 42.7 Å². The number of pyridine rings is 1. The molecule has 2 rings (SSSR count). The number of rotatable bonds is 7. The number of benzene rings is 1. The minimum atomic E-state index is 0.0557. The van der Waals surface area contributed by atoms with Crippen LogP contribution in [0.25, 0.3) is 0 Å². The molecule has 1 aromatic heterocycles. The van der Waals surface area contributed by atoms with Crippen molar-refractivity contribution in [1.29, 1.82) is 0 Å². The topological polar surface area (TPSA) is 39.2 Å². The summed E-state index contributed by atoms with van der Waals surface area (Å²) >= 11 is 0. The zero-order valence-electron chi connectivity index (χ0n) is 12.6. The number of carbonyl (C=O) groups excluding carboxylic acids is 1. The Kier molecular flexibility index (Phi) is 5.64. The standard InChI is InChI=1S/C18H21NO2/c1-14-5-6-15(2)17(12-14)18(20)13-21-11-3-4-16-7-9-19-10-8-16/h5-10,12H,3-4,11,13H2,1-2H3. The maximum absolute atomic E-state index is 12.1. The molecule has 0 bridgehead atoms. The van der Waals surface area contributed by atoms with Gasteiger partial charge in [-0.3, -0.25) is 9.78 Å². The van der Waals surface area contributed by atoms with Crippen molar-refractivity contribution in [2.24, 2.45) is 0 Å². The zero-order valence-corrected chi connectivity index (χ0v) is 12.6. The van der Waals surface area contributed by atoms with E-state index in [4.69, 9.17) is 4.74 Å². The maximum Gasteiger partial charge on any atom is 0.188 e. The van der Waals surface area contributed by atoms with Crippen molar-refractivity contribution >= 4 is 5.78 Å². The van der Waals surface area contributed by atoms with Crippen molar-refractivity contribution in [1.82, 2.24) is 4.98 Å². The van der Waals surface area contributed by atoms with Crippen LogP contribution in [0.4, 0.5) is 0 Å². The fraction of sp³-hybridized carbons (Fsp3) is 0.333. The highest BCUT2D eigenvalue weighted by molar-refractivity contribution is 5.98. The number of ether oxygens (including phenoxy) is 1. The summed E-state index contributed by atoms with van der Waals surface area (Å²) in [5.74, 6) is 0.0557. The molecule has 3 heteroatoms. The molecular weight excluding hydrogens is 262 g/mol. The summed E-state index contributed by atoms with van der Waals surface area (Å²) in [6.45, 7) is 4.70. The monoisotopic (exact) mass is 283 g/mol. The van der Waals surface area contributed by atoms with E-state index in [1.807, 2.05) is 44.2 Å². The first-order valence-electron chi connectivity index (χ1n) is 7.24. The first-order chi connectivity index (χ1) is 10.2. The molecular formula is C18H21NO2. The Morgan fingerprint density at radius 2 is 1.90 bits per heavy atom. The van der Waals surface area contributed by atoms with E-state index in [9.17, 15) is 4.79 Å². The van der Waals surface area contributed by atoms with Crippen molar-refractivity contribution in [2.75, 3.05) is 13.2 Å². The molecule has 0 N–H and O–H groups in total. The summed E-state index contributed by atoms with van der Waals surface area (Å²) in [5.41, 5.74) is 4.12. The van der Waals surface area contributed by atoms with E-state index < -0.39 is 0 Å². The molecule has 0 atom stereocenters. The van der Waals surface area contributed by atoms with E-state index in [-0.39, 0.29) is 12.4 Å². The summed E-state index contributed by atoms with van der Waals surface area (Å²) in [5, 5.41) is 0. The Morgan fingerprint density at radius 3 is 2.67 bits per heavy atom. The molecule has 0 spiro atoms. The summed E-state index contributed by atoms with van der Waals surface area (Å²) < 4.78 is 5.50. The van der Waals surface area contributed by atoms with Gasteiger partial charge in [0, 0.05) is 24.6 Å². The summed E-state index contributed by atoms with van der Waals surface area (Å²) in [7, 11) is 0. The van der Waals surface area contributed by atoms with E-state index in [1.54, 1.807) is 12.4 Å². The van der Waals surface area contributed by atoms with Gasteiger partial charge in [0.25, 0.3) is 0 Å². The molecule has 0 saturated carbocycles. The SMILES string of the molecule is Cc1ccc(C)c(C(=O)COCCCc2ccncc2)c1. The molecule has 0 unspecified atom stereocenters. The molecule has 0 fully saturated rings. The second-order valence-corrected chi connectivity index (χ2v) is 5.25. The third-order valence-electron chi connectivity index (χ3n) is 3.43. The first kappa shape index (κ1) is 15.4. The summed E-state index contributed by atoms with van der Waals surface area (Å²) in [4.78, 5) is 16.1. The van der Waals surface area contributed by atoms with Crippen LogP contribution >= 0.6 is 0 Å². The minimum Gasteiger partial charge on any atom is -0.373 e. The molecule has 1 heterocycles. The fourth-order valence-electron chi connectivity index (χ4n) is 2.21. The molecule has 0 radical (unpaired) electrons. The van der Waals surface area contributed by atoms with Crippen molar-refractivity contribution < 1.29 is 9.53 Å².